The molecule has 21 heavy (non-hydrogen) atoms. The lowest BCUT2D eigenvalue weighted by atomic mass is 10.1. The second kappa shape index (κ2) is 5.66. The zero-order valence-electron chi connectivity index (χ0n) is 11.2. The molecule has 0 fully saturated rings. The summed E-state index contributed by atoms with van der Waals surface area (Å²) in [6, 6.07) is 12.0. The Hall–Kier alpha value is -2.20. The molecule has 0 saturated heterocycles. The summed E-state index contributed by atoms with van der Waals surface area (Å²) in [5, 5.41) is 13.2. The van der Waals surface area contributed by atoms with Gasteiger partial charge in [-0.15, -0.1) is 0 Å². The Morgan fingerprint density at radius 1 is 1.29 bits per heavy atom. The lowest BCUT2D eigenvalue weighted by molar-refractivity contribution is -0.121. The van der Waals surface area contributed by atoms with Crippen LogP contribution in [0.4, 0.5) is 0 Å². The average molecular weight is 304 g/mol. The molecule has 0 aromatic heterocycles. The van der Waals surface area contributed by atoms with Gasteiger partial charge in [-0.2, -0.15) is 0 Å². The number of carbonyl (C=O) groups excluding carboxylic acids is 1. The Kier molecular flexibility index (Phi) is 3.71. The Morgan fingerprint density at radius 2 is 2.10 bits per heavy atom. The topological polar surface area (TPSA) is 58.6 Å². The number of fused-ring (bicyclic) bond motifs is 1. The summed E-state index contributed by atoms with van der Waals surface area (Å²) >= 11 is 6.16. The van der Waals surface area contributed by atoms with Gasteiger partial charge in [-0.05, 0) is 18.2 Å². The molecule has 0 saturated carbocycles. The zero-order chi connectivity index (χ0) is 14.8. The van der Waals surface area contributed by atoms with Crippen LogP contribution in [-0.4, -0.2) is 17.6 Å². The van der Waals surface area contributed by atoms with Crippen LogP contribution in [0.15, 0.2) is 42.5 Å². The third kappa shape index (κ3) is 2.81. The van der Waals surface area contributed by atoms with E-state index in [0.717, 1.165) is 5.56 Å². The number of carbonyl (C=O) groups is 1. The Balaban J connectivity index is 1.72. The van der Waals surface area contributed by atoms with Gasteiger partial charge in [-0.25, -0.2) is 0 Å². The van der Waals surface area contributed by atoms with Crippen molar-refractivity contribution in [1.82, 2.24) is 5.32 Å². The molecular weight excluding hydrogens is 290 g/mol. The molecule has 0 radical (unpaired) electrons. The number of para-hydroxylation sites is 1. The minimum Gasteiger partial charge on any atom is -0.508 e. The fraction of sp³-hybridized carbons (Fsp3) is 0.188. The normalized spacial score (nSPS) is 16.1. The van der Waals surface area contributed by atoms with Crippen molar-refractivity contribution in [3.8, 4) is 11.5 Å². The largest absolute Gasteiger partial charge is 0.508 e. The second-order valence-corrected chi connectivity index (χ2v) is 5.30. The van der Waals surface area contributed by atoms with Crippen LogP contribution in [0.1, 0.15) is 17.2 Å². The van der Waals surface area contributed by atoms with Gasteiger partial charge in [0.2, 0.25) is 5.91 Å². The minimum atomic E-state index is -0.257. The lowest BCUT2D eigenvalue weighted by Crippen LogP contribution is -2.30. The summed E-state index contributed by atoms with van der Waals surface area (Å²) in [6.07, 6.45) is 0.114. The highest BCUT2D eigenvalue weighted by atomic mass is 35.5. The van der Waals surface area contributed by atoms with Crippen molar-refractivity contribution in [2.75, 3.05) is 6.61 Å². The average Bonchev–Trinajstić information content (AvgIpc) is 2.86. The van der Waals surface area contributed by atoms with E-state index >= 15 is 0 Å². The third-order valence-electron chi connectivity index (χ3n) is 3.44. The molecule has 2 N–H and O–H groups in total. The number of amides is 1. The number of phenols is 1. The maximum absolute atomic E-state index is 12.1. The summed E-state index contributed by atoms with van der Waals surface area (Å²) in [5.74, 6) is 0.641. The van der Waals surface area contributed by atoms with Crippen LogP contribution in [0.2, 0.25) is 5.02 Å². The monoisotopic (exact) mass is 303 g/mol. The van der Waals surface area contributed by atoms with Gasteiger partial charge in [0, 0.05) is 16.1 Å². The van der Waals surface area contributed by atoms with Crippen LogP contribution < -0.4 is 10.1 Å². The summed E-state index contributed by atoms with van der Waals surface area (Å²) in [4.78, 5) is 12.1. The van der Waals surface area contributed by atoms with E-state index in [1.807, 2.05) is 12.1 Å². The van der Waals surface area contributed by atoms with E-state index in [9.17, 15) is 9.90 Å². The van der Waals surface area contributed by atoms with Gasteiger partial charge < -0.3 is 15.2 Å². The number of rotatable bonds is 3. The molecule has 1 aliphatic heterocycles. The Morgan fingerprint density at radius 3 is 2.90 bits per heavy atom. The molecule has 1 aliphatic rings. The number of ether oxygens (including phenoxy) is 1. The molecule has 2 aromatic carbocycles. The van der Waals surface area contributed by atoms with Crippen molar-refractivity contribution in [1.29, 1.82) is 0 Å². The summed E-state index contributed by atoms with van der Waals surface area (Å²) in [5.41, 5.74) is 1.40. The molecule has 0 bridgehead atoms. The van der Waals surface area contributed by atoms with Crippen LogP contribution in [0.25, 0.3) is 0 Å². The van der Waals surface area contributed by atoms with E-state index in [2.05, 4.69) is 5.32 Å². The predicted molar refractivity (Wildman–Crippen MR) is 79.6 cm³/mol. The molecule has 5 heteroatoms. The highest BCUT2D eigenvalue weighted by Gasteiger charge is 2.28. The molecule has 108 valence electrons. The highest BCUT2D eigenvalue weighted by molar-refractivity contribution is 6.31. The number of hydrogen-bond acceptors (Lipinski definition) is 3. The van der Waals surface area contributed by atoms with Crippen molar-refractivity contribution in [3.05, 3.63) is 58.6 Å². The number of hydrogen-bond donors (Lipinski definition) is 2. The van der Waals surface area contributed by atoms with E-state index < -0.39 is 0 Å². The van der Waals surface area contributed by atoms with E-state index in [4.69, 9.17) is 16.3 Å². The van der Waals surface area contributed by atoms with E-state index in [-0.39, 0.29) is 24.1 Å². The van der Waals surface area contributed by atoms with Gasteiger partial charge in [-0.1, -0.05) is 35.9 Å². The third-order valence-corrected chi connectivity index (χ3v) is 3.77. The number of benzene rings is 2. The zero-order valence-corrected chi connectivity index (χ0v) is 11.9. The Bertz CT molecular complexity index is 687. The van der Waals surface area contributed by atoms with E-state index in [1.165, 1.54) is 0 Å². The number of halogens is 1. The van der Waals surface area contributed by atoms with Crippen molar-refractivity contribution in [2.45, 2.75) is 12.5 Å². The summed E-state index contributed by atoms with van der Waals surface area (Å²) < 4.78 is 5.52. The maximum Gasteiger partial charge on any atom is 0.225 e. The van der Waals surface area contributed by atoms with Gasteiger partial charge in [0.15, 0.2) is 0 Å². The SMILES string of the molecule is O=C(Cc1ccccc1O)N[C@H]1COc2cccc(Cl)c21. The quantitative estimate of drug-likeness (QED) is 0.916. The van der Waals surface area contributed by atoms with Crippen LogP contribution in [0, 0.1) is 0 Å². The first-order chi connectivity index (χ1) is 10.1. The first-order valence-corrected chi connectivity index (χ1v) is 7.00. The van der Waals surface area contributed by atoms with Gasteiger partial charge in [0.25, 0.3) is 0 Å². The van der Waals surface area contributed by atoms with Crippen molar-refractivity contribution >= 4 is 17.5 Å². The molecule has 3 rings (SSSR count). The standard InChI is InChI=1S/C16H14ClNO3/c17-11-5-3-7-14-16(11)12(9-21-14)18-15(20)8-10-4-1-2-6-13(10)19/h1-7,12,19H,8-9H2,(H,18,20)/t12-/m0/s1. The van der Waals surface area contributed by atoms with Crippen LogP contribution in [0.5, 0.6) is 11.5 Å². The number of phenolic OH excluding ortho intramolecular Hbond substituents is 1. The van der Waals surface area contributed by atoms with Crippen molar-refractivity contribution in [3.63, 3.8) is 0 Å². The smallest absolute Gasteiger partial charge is 0.225 e. The van der Waals surface area contributed by atoms with Crippen LogP contribution in [0.3, 0.4) is 0 Å². The van der Waals surface area contributed by atoms with Crippen molar-refractivity contribution in [2.24, 2.45) is 0 Å². The first kappa shape index (κ1) is 13.8. The van der Waals surface area contributed by atoms with E-state index in [1.54, 1.807) is 30.3 Å². The van der Waals surface area contributed by atoms with Crippen molar-refractivity contribution < 1.29 is 14.6 Å². The Labute approximate surface area is 127 Å². The maximum atomic E-state index is 12.1. The second-order valence-electron chi connectivity index (χ2n) is 4.89. The molecule has 1 amide bonds. The highest BCUT2D eigenvalue weighted by Crippen LogP contribution is 2.37. The number of aromatic hydroxyl groups is 1. The molecule has 1 atom stereocenters. The fourth-order valence-corrected chi connectivity index (χ4v) is 2.73. The molecule has 2 aromatic rings. The van der Waals surface area contributed by atoms with Gasteiger partial charge >= 0.3 is 0 Å². The fourth-order valence-electron chi connectivity index (χ4n) is 2.43. The first-order valence-electron chi connectivity index (χ1n) is 6.62. The van der Waals surface area contributed by atoms with Crippen LogP contribution >= 0.6 is 11.6 Å². The summed E-state index contributed by atoms with van der Waals surface area (Å²) in [6.45, 7) is 0.367. The molecule has 1 heterocycles. The molecule has 0 aliphatic carbocycles. The molecule has 0 spiro atoms. The number of nitrogens with one attached hydrogen (secondary N) is 1. The van der Waals surface area contributed by atoms with Crippen LogP contribution in [-0.2, 0) is 11.2 Å². The minimum absolute atomic E-state index is 0.114. The van der Waals surface area contributed by atoms with E-state index in [0.29, 0.717) is 22.9 Å². The van der Waals surface area contributed by atoms with Gasteiger partial charge in [0.1, 0.15) is 18.1 Å². The predicted octanol–water partition coefficient (Wildman–Crippen LogP) is 2.84. The van der Waals surface area contributed by atoms with Gasteiger partial charge in [0.05, 0.1) is 12.5 Å². The molecule has 0 unspecified atom stereocenters. The molecular formula is C16H14ClNO3. The lowest BCUT2D eigenvalue weighted by Gasteiger charge is -2.13. The molecule has 4 nitrogen and oxygen atoms in total. The van der Waals surface area contributed by atoms with Gasteiger partial charge in [-0.3, -0.25) is 4.79 Å². The summed E-state index contributed by atoms with van der Waals surface area (Å²) in [7, 11) is 0.